The Balaban J connectivity index is 1.65. The minimum Gasteiger partial charge on any atom is -0.489 e. The summed E-state index contributed by atoms with van der Waals surface area (Å²) in [7, 11) is 0. The number of carboxylic acids is 2. The summed E-state index contributed by atoms with van der Waals surface area (Å²) in [5.74, 6) is -8.46. The molecule has 0 aliphatic rings. The van der Waals surface area contributed by atoms with Gasteiger partial charge in [0.05, 0.1) is 18.6 Å². The maximum atomic E-state index is 13.8. The van der Waals surface area contributed by atoms with E-state index in [1.54, 1.807) is 82.3 Å². The predicted octanol–water partition coefficient (Wildman–Crippen LogP) is 2.53. The molecule has 1 unspecified atom stereocenters. The Labute approximate surface area is 402 Å². The van der Waals surface area contributed by atoms with Crippen molar-refractivity contribution in [1.82, 2.24) is 31.9 Å². The second kappa shape index (κ2) is 27.8. The molecule has 8 atom stereocenters. The van der Waals surface area contributed by atoms with E-state index in [2.05, 4.69) is 31.9 Å². The van der Waals surface area contributed by atoms with E-state index in [-0.39, 0.29) is 36.7 Å². The Morgan fingerprint density at radius 2 is 1.10 bits per heavy atom. The van der Waals surface area contributed by atoms with E-state index in [1.165, 1.54) is 6.92 Å². The molecule has 6 amide bonds. The average molecular weight is 961 g/mol. The van der Waals surface area contributed by atoms with Crippen LogP contribution < -0.4 is 36.6 Å². The summed E-state index contributed by atoms with van der Waals surface area (Å²) in [6.07, 6.45) is -4.48. The molecule has 69 heavy (non-hydrogen) atoms. The molecule has 0 aromatic heterocycles. The lowest BCUT2D eigenvalue weighted by Gasteiger charge is -2.29. The molecule has 3 rings (SSSR count). The maximum absolute atomic E-state index is 13.8. The number of hydrogen-bond donors (Lipinski definition) is 10. The average Bonchev–Trinajstić information content (AvgIpc) is 3.29. The molecule has 0 aliphatic heterocycles. The van der Waals surface area contributed by atoms with Gasteiger partial charge in [-0.2, -0.15) is 0 Å². The monoisotopic (exact) mass is 960 g/mol. The van der Waals surface area contributed by atoms with Crippen molar-refractivity contribution in [1.29, 1.82) is 0 Å². The van der Waals surface area contributed by atoms with Gasteiger partial charge in [-0.1, -0.05) is 120 Å². The van der Waals surface area contributed by atoms with Crippen molar-refractivity contribution in [3.05, 3.63) is 102 Å². The van der Waals surface area contributed by atoms with Crippen LogP contribution in [0.2, 0.25) is 0 Å². The van der Waals surface area contributed by atoms with Crippen LogP contribution in [0.1, 0.15) is 96.9 Å². The minimum absolute atomic E-state index is 0.0617. The molecular weight excluding hydrogens is 893 g/mol. The molecule has 0 saturated heterocycles. The Bertz CT molecular complexity index is 2190. The molecule has 0 saturated carbocycles. The van der Waals surface area contributed by atoms with Crippen LogP contribution in [0.25, 0.3) is 0 Å². The molecule has 19 heteroatoms. The van der Waals surface area contributed by atoms with Gasteiger partial charge in [-0.05, 0) is 54.7 Å². The fraction of sp³-hybridized carbons (Fsp3) is 0.480. The van der Waals surface area contributed by atoms with Crippen LogP contribution in [0.5, 0.6) is 5.75 Å². The molecule has 3 aromatic carbocycles. The summed E-state index contributed by atoms with van der Waals surface area (Å²) in [6, 6.07) is 16.6. The number of benzene rings is 3. The zero-order valence-corrected chi connectivity index (χ0v) is 40.1. The highest BCUT2D eigenvalue weighted by molar-refractivity contribution is 5.96. The van der Waals surface area contributed by atoms with E-state index in [9.17, 15) is 58.8 Å². The molecule has 0 bridgehead atoms. The van der Waals surface area contributed by atoms with Gasteiger partial charge in [-0.15, -0.1) is 0 Å². The molecule has 0 fully saturated rings. The van der Waals surface area contributed by atoms with Crippen LogP contribution >= 0.6 is 0 Å². The number of para-hydroxylation sites is 1. The molecule has 0 spiro atoms. The summed E-state index contributed by atoms with van der Waals surface area (Å²) in [5.41, 5.74) is 1.68. The Morgan fingerprint density at radius 1 is 0.565 bits per heavy atom. The van der Waals surface area contributed by atoms with Gasteiger partial charge in [0.15, 0.2) is 6.10 Å². The van der Waals surface area contributed by atoms with E-state index < -0.39 is 127 Å². The summed E-state index contributed by atoms with van der Waals surface area (Å²) in [6.45, 7) is 11.8. The number of ether oxygens (including phenoxy) is 1. The number of aliphatic hydroxyl groups excluding tert-OH is 2. The highest BCUT2D eigenvalue weighted by Gasteiger charge is 2.35. The number of carbonyl (C=O) groups excluding carboxylic acids is 6. The molecule has 10 N–H and O–H groups in total. The first-order chi connectivity index (χ1) is 32.6. The van der Waals surface area contributed by atoms with Crippen molar-refractivity contribution < 1.29 is 63.5 Å². The van der Waals surface area contributed by atoms with Gasteiger partial charge in [0, 0.05) is 18.4 Å². The summed E-state index contributed by atoms with van der Waals surface area (Å²) in [5, 5.41) is 56.7. The van der Waals surface area contributed by atoms with Crippen molar-refractivity contribution in [3.8, 4) is 5.75 Å². The van der Waals surface area contributed by atoms with Gasteiger partial charge in [-0.3, -0.25) is 33.6 Å². The van der Waals surface area contributed by atoms with Crippen molar-refractivity contribution >= 4 is 47.4 Å². The Morgan fingerprint density at radius 3 is 1.67 bits per heavy atom. The SMILES string of the molecule is CC(C)C[C@H](NC(=O)C(O)c1ccccc1OCc1ccccc1)[C@@H](O)CC(=O)N[C@H](C(=O)N[C@H](C(=O)N[C@@H](C)C(=O)N[C@@H](CCC(=O)O)C(=O)N[C@@H](Cc1ccccc1)C(=O)O)C(C)C)C(C)C. The number of rotatable bonds is 28. The molecule has 0 aliphatic carbocycles. The first-order valence-electron chi connectivity index (χ1n) is 23.0. The lowest BCUT2D eigenvalue weighted by atomic mass is 9.95. The zero-order valence-electron chi connectivity index (χ0n) is 40.1. The van der Waals surface area contributed by atoms with Gasteiger partial charge in [0.2, 0.25) is 29.5 Å². The van der Waals surface area contributed by atoms with Crippen LogP contribution in [-0.4, -0.2) is 110 Å². The van der Waals surface area contributed by atoms with Crippen LogP contribution in [0.15, 0.2) is 84.9 Å². The number of aliphatic hydroxyl groups is 2. The Hall–Kier alpha value is -6.86. The number of nitrogens with one attached hydrogen (secondary N) is 6. The first-order valence-corrected chi connectivity index (χ1v) is 23.0. The van der Waals surface area contributed by atoms with Crippen molar-refractivity contribution in [3.63, 3.8) is 0 Å². The van der Waals surface area contributed by atoms with Gasteiger partial charge < -0.3 is 57.1 Å². The lowest BCUT2D eigenvalue weighted by molar-refractivity contribution is -0.143. The number of amides is 6. The third-order valence-corrected chi connectivity index (χ3v) is 11.1. The topological polar surface area (TPSA) is 299 Å². The summed E-state index contributed by atoms with van der Waals surface area (Å²) in [4.78, 5) is 104. The van der Waals surface area contributed by atoms with Crippen molar-refractivity contribution in [2.24, 2.45) is 17.8 Å². The lowest BCUT2D eigenvalue weighted by Crippen LogP contribution is -2.60. The second-order valence-electron chi connectivity index (χ2n) is 18.1. The van der Waals surface area contributed by atoms with Crippen LogP contribution in [-0.2, 0) is 51.4 Å². The quantitative estimate of drug-likeness (QED) is 0.0501. The number of carbonyl (C=O) groups is 8. The normalized spacial score (nSPS) is 14.7. The highest BCUT2D eigenvalue weighted by atomic mass is 16.5. The number of carboxylic acid groups (broad SMARTS) is 2. The number of hydrogen-bond acceptors (Lipinski definition) is 11. The van der Waals surface area contributed by atoms with Gasteiger partial charge in [-0.25, -0.2) is 4.79 Å². The second-order valence-corrected chi connectivity index (χ2v) is 18.1. The summed E-state index contributed by atoms with van der Waals surface area (Å²) >= 11 is 0. The van der Waals surface area contributed by atoms with Gasteiger partial charge >= 0.3 is 11.9 Å². The van der Waals surface area contributed by atoms with E-state index in [0.29, 0.717) is 5.56 Å². The smallest absolute Gasteiger partial charge is 0.326 e. The molecular formula is C50H68N6O13. The maximum Gasteiger partial charge on any atom is 0.326 e. The fourth-order valence-corrected chi connectivity index (χ4v) is 7.20. The number of aliphatic carboxylic acids is 2. The van der Waals surface area contributed by atoms with Crippen molar-refractivity contribution in [2.45, 2.75) is 136 Å². The van der Waals surface area contributed by atoms with Crippen LogP contribution in [0.3, 0.4) is 0 Å². The third-order valence-electron chi connectivity index (χ3n) is 11.1. The van der Waals surface area contributed by atoms with Crippen LogP contribution in [0.4, 0.5) is 0 Å². The van der Waals surface area contributed by atoms with Crippen LogP contribution in [0, 0.1) is 17.8 Å². The molecule has 0 heterocycles. The third kappa shape index (κ3) is 19.0. The fourth-order valence-electron chi connectivity index (χ4n) is 7.20. The van der Waals surface area contributed by atoms with E-state index in [4.69, 9.17) is 4.74 Å². The molecule has 0 radical (unpaired) electrons. The minimum atomic E-state index is -1.68. The summed E-state index contributed by atoms with van der Waals surface area (Å²) < 4.78 is 5.92. The largest absolute Gasteiger partial charge is 0.489 e. The van der Waals surface area contributed by atoms with E-state index >= 15 is 0 Å². The molecule has 3 aromatic rings. The van der Waals surface area contributed by atoms with Crippen molar-refractivity contribution in [2.75, 3.05) is 0 Å². The zero-order chi connectivity index (χ0) is 51.4. The van der Waals surface area contributed by atoms with E-state index in [1.807, 2.05) is 44.2 Å². The highest BCUT2D eigenvalue weighted by Crippen LogP contribution is 2.27. The molecule has 19 nitrogen and oxygen atoms in total. The molecule has 376 valence electrons. The predicted molar refractivity (Wildman–Crippen MR) is 254 cm³/mol. The first kappa shape index (κ1) is 56.5. The Kier molecular flexibility index (Phi) is 22.8. The van der Waals surface area contributed by atoms with Gasteiger partial charge in [0.1, 0.15) is 42.6 Å². The van der Waals surface area contributed by atoms with Gasteiger partial charge in [0.25, 0.3) is 5.91 Å². The standard InChI is InChI=1S/C50H68N6O13/c1-28(2)24-36(53-49(66)44(61)34-20-14-15-21-39(34)69-27-33-18-12-9-13-19-33)38(57)26-40(58)55-42(29(3)4)48(65)56-43(30(5)6)47(64)51-31(7)45(62)52-35(22-23-41(59)60)46(63)54-37(50(67)68)25-32-16-10-8-11-17-32/h8-21,28-31,35-38,42-44,57,61H,22-27H2,1-7H3,(H,51,64)(H,52,62)(H,53,66)(H,54,63)(H,55,58)(H,56,65)(H,59,60)(H,67,68)/t31-,35-,36-,37-,38-,42-,43-,44?/m0/s1. The van der Waals surface area contributed by atoms with E-state index in [0.717, 1.165) is 5.56 Å².